The average Bonchev–Trinajstić information content (AvgIpc) is 2.57. The standard InChI is InChI=1S/C10H16N2O/c1-2-13-7-10-11-8-5-3-4-6-9(8)12-10/h2-7H2,1H3,(H,11,12). The van der Waals surface area contributed by atoms with Crippen LogP contribution in [0.3, 0.4) is 0 Å². The minimum Gasteiger partial charge on any atom is -0.374 e. The lowest BCUT2D eigenvalue weighted by atomic mass is 10.0. The lowest BCUT2D eigenvalue weighted by Crippen LogP contribution is -2.00. The van der Waals surface area contributed by atoms with Crippen molar-refractivity contribution in [2.45, 2.75) is 39.2 Å². The number of hydrogen-bond donors (Lipinski definition) is 1. The van der Waals surface area contributed by atoms with E-state index in [1.54, 1.807) is 0 Å². The zero-order valence-electron chi connectivity index (χ0n) is 8.10. The molecule has 0 aliphatic heterocycles. The van der Waals surface area contributed by atoms with E-state index in [1.165, 1.54) is 24.2 Å². The van der Waals surface area contributed by atoms with Crippen molar-refractivity contribution in [1.29, 1.82) is 0 Å². The molecule has 2 rings (SSSR count). The summed E-state index contributed by atoms with van der Waals surface area (Å²) in [7, 11) is 0. The fraction of sp³-hybridized carbons (Fsp3) is 0.700. The summed E-state index contributed by atoms with van der Waals surface area (Å²) in [4.78, 5) is 7.84. The number of nitrogens with zero attached hydrogens (tertiary/aromatic N) is 1. The van der Waals surface area contributed by atoms with Crippen LogP contribution in [0.15, 0.2) is 0 Å². The van der Waals surface area contributed by atoms with E-state index >= 15 is 0 Å². The Hall–Kier alpha value is -0.830. The average molecular weight is 180 g/mol. The van der Waals surface area contributed by atoms with Crippen molar-refractivity contribution in [2.75, 3.05) is 6.61 Å². The highest BCUT2D eigenvalue weighted by Gasteiger charge is 2.13. The number of rotatable bonds is 3. The van der Waals surface area contributed by atoms with Gasteiger partial charge in [0, 0.05) is 12.3 Å². The number of fused-ring (bicyclic) bond motifs is 1. The van der Waals surface area contributed by atoms with E-state index in [1.807, 2.05) is 6.92 Å². The van der Waals surface area contributed by atoms with Gasteiger partial charge in [-0.2, -0.15) is 0 Å². The van der Waals surface area contributed by atoms with Crippen molar-refractivity contribution in [3.8, 4) is 0 Å². The summed E-state index contributed by atoms with van der Waals surface area (Å²) in [5.41, 5.74) is 2.60. The molecule has 3 nitrogen and oxygen atoms in total. The Morgan fingerprint density at radius 3 is 3.00 bits per heavy atom. The number of aromatic amines is 1. The molecule has 0 amide bonds. The Balaban J connectivity index is 2.07. The number of imidazole rings is 1. The van der Waals surface area contributed by atoms with Crippen LogP contribution in [0.2, 0.25) is 0 Å². The maximum Gasteiger partial charge on any atom is 0.132 e. The first-order valence-corrected chi connectivity index (χ1v) is 5.04. The van der Waals surface area contributed by atoms with Crippen LogP contribution in [-0.2, 0) is 24.2 Å². The topological polar surface area (TPSA) is 37.9 Å². The smallest absolute Gasteiger partial charge is 0.132 e. The third-order valence-corrected chi connectivity index (χ3v) is 2.45. The van der Waals surface area contributed by atoms with Gasteiger partial charge in [-0.15, -0.1) is 0 Å². The molecule has 72 valence electrons. The van der Waals surface area contributed by atoms with Gasteiger partial charge in [-0.3, -0.25) is 0 Å². The fourth-order valence-corrected chi connectivity index (χ4v) is 1.78. The summed E-state index contributed by atoms with van der Waals surface area (Å²) in [6, 6.07) is 0. The van der Waals surface area contributed by atoms with Gasteiger partial charge in [0.25, 0.3) is 0 Å². The molecule has 0 saturated heterocycles. The third kappa shape index (κ3) is 1.91. The molecule has 1 aliphatic carbocycles. The van der Waals surface area contributed by atoms with Gasteiger partial charge >= 0.3 is 0 Å². The predicted molar refractivity (Wildman–Crippen MR) is 50.6 cm³/mol. The fourth-order valence-electron chi connectivity index (χ4n) is 1.78. The quantitative estimate of drug-likeness (QED) is 0.770. The molecule has 0 fully saturated rings. The molecule has 0 saturated carbocycles. The van der Waals surface area contributed by atoms with Crippen LogP contribution in [0.25, 0.3) is 0 Å². The monoisotopic (exact) mass is 180 g/mol. The molecule has 0 atom stereocenters. The van der Waals surface area contributed by atoms with Gasteiger partial charge in [0.1, 0.15) is 12.4 Å². The van der Waals surface area contributed by atoms with Crippen molar-refractivity contribution >= 4 is 0 Å². The largest absolute Gasteiger partial charge is 0.374 e. The van der Waals surface area contributed by atoms with Gasteiger partial charge in [0.15, 0.2) is 0 Å². The summed E-state index contributed by atoms with van der Waals surface area (Å²) in [5.74, 6) is 0.994. The van der Waals surface area contributed by atoms with E-state index in [2.05, 4.69) is 9.97 Å². The summed E-state index contributed by atoms with van der Waals surface area (Å²) in [5, 5.41) is 0. The Labute approximate surface area is 78.5 Å². The van der Waals surface area contributed by atoms with Crippen molar-refractivity contribution in [3.05, 3.63) is 17.2 Å². The minimum atomic E-state index is 0.628. The van der Waals surface area contributed by atoms with Gasteiger partial charge in [0.2, 0.25) is 0 Å². The highest BCUT2D eigenvalue weighted by Crippen LogP contribution is 2.18. The van der Waals surface area contributed by atoms with Crippen LogP contribution in [0.4, 0.5) is 0 Å². The van der Waals surface area contributed by atoms with Crippen molar-refractivity contribution in [1.82, 2.24) is 9.97 Å². The first-order valence-electron chi connectivity index (χ1n) is 5.04. The summed E-state index contributed by atoms with van der Waals surface area (Å²) in [6.45, 7) is 3.39. The van der Waals surface area contributed by atoms with Crippen LogP contribution >= 0.6 is 0 Å². The normalized spacial score (nSPS) is 15.8. The molecule has 1 aliphatic rings. The van der Waals surface area contributed by atoms with E-state index in [4.69, 9.17) is 4.74 Å². The van der Waals surface area contributed by atoms with Crippen LogP contribution in [-0.4, -0.2) is 16.6 Å². The van der Waals surface area contributed by atoms with Crippen molar-refractivity contribution in [2.24, 2.45) is 0 Å². The van der Waals surface area contributed by atoms with Crippen LogP contribution < -0.4 is 0 Å². The lowest BCUT2D eigenvalue weighted by molar-refractivity contribution is 0.128. The number of aryl methyl sites for hydroxylation is 2. The predicted octanol–water partition coefficient (Wildman–Crippen LogP) is 1.82. The molecule has 1 heterocycles. The van der Waals surface area contributed by atoms with E-state index < -0.39 is 0 Å². The van der Waals surface area contributed by atoms with Crippen LogP contribution in [0.5, 0.6) is 0 Å². The molecule has 0 spiro atoms. The molecule has 0 unspecified atom stereocenters. The third-order valence-electron chi connectivity index (χ3n) is 2.45. The number of hydrogen-bond acceptors (Lipinski definition) is 2. The van der Waals surface area contributed by atoms with Gasteiger partial charge in [-0.25, -0.2) is 4.98 Å². The first-order chi connectivity index (χ1) is 6.40. The van der Waals surface area contributed by atoms with E-state index in [0.29, 0.717) is 6.61 Å². The molecule has 1 aromatic heterocycles. The maximum absolute atomic E-state index is 5.30. The molecule has 1 aromatic rings. The zero-order chi connectivity index (χ0) is 9.10. The van der Waals surface area contributed by atoms with Crippen LogP contribution in [0, 0.1) is 0 Å². The van der Waals surface area contributed by atoms with Gasteiger partial charge in [0.05, 0.1) is 5.69 Å². The Morgan fingerprint density at radius 1 is 1.38 bits per heavy atom. The van der Waals surface area contributed by atoms with Gasteiger partial charge in [-0.1, -0.05) is 0 Å². The summed E-state index contributed by atoms with van der Waals surface area (Å²) < 4.78 is 5.30. The lowest BCUT2D eigenvalue weighted by Gasteiger charge is -2.07. The van der Waals surface area contributed by atoms with Crippen molar-refractivity contribution < 1.29 is 4.74 Å². The highest BCUT2D eigenvalue weighted by molar-refractivity contribution is 5.17. The summed E-state index contributed by atoms with van der Waals surface area (Å²) in [6.07, 6.45) is 4.88. The first kappa shape index (κ1) is 8.75. The molecule has 1 N–H and O–H groups in total. The molecule has 0 bridgehead atoms. The number of aromatic nitrogens is 2. The maximum atomic E-state index is 5.30. The second kappa shape index (κ2) is 3.92. The van der Waals surface area contributed by atoms with Crippen LogP contribution in [0.1, 0.15) is 37.0 Å². The molecule has 13 heavy (non-hydrogen) atoms. The number of ether oxygens (including phenoxy) is 1. The second-order valence-electron chi connectivity index (χ2n) is 3.45. The van der Waals surface area contributed by atoms with E-state index in [-0.39, 0.29) is 0 Å². The molecular formula is C10H16N2O. The SMILES string of the molecule is CCOCc1nc2c([nH]1)CCCC2. The Morgan fingerprint density at radius 2 is 2.23 bits per heavy atom. The summed E-state index contributed by atoms with van der Waals surface area (Å²) >= 11 is 0. The molecule has 0 aromatic carbocycles. The van der Waals surface area contributed by atoms with Gasteiger partial charge in [-0.05, 0) is 32.6 Å². The van der Waals surface area contributed by atoms with E-state index in [0.717, 1.165) is 25.3 Å². The van der Waals surface area contributed by atoms with Gasteiger partial charge < -0.3 is 9.72 Å². The van der Waals surface area contributed by atoms with Crippen molar-refractivity contribution in [3.63, 3.8) is 0 Å². The van der Waals surface area contributed by atoms with E-state index in [9.17, 15) is 0 Å². The molecule has 0 radical (unpaired) electrons. The highest BCUT2D eigenvalue weighted by atomic mass is 16.5. The second-order valence-corrected chi connectivity index (χ2v) is 3.45. The number of nitrogens with one attached hydrogen (secondary N) is 1. The molecule has 3 heteroatoms. The molecular weight excluding hydrogens is 164 g/mol. The Bertz CT molecular complexity index is 257. The Kier molecular flexibility index (Phi) is 2.64. The minimum absolute atomic E-state index is 0.628. The zero-order valence-corrected chi connectivity index (χ0v) is 8.10. The number of H-pyrrole nitrogens is 1.